The molecule has 0 unspecified atom stereocenters. The number of nitrogens with one attached hydrogen (secondary N) is 1. The number of hydrogen-bond acceptors (Lipinski definition) is 3. The van der Waals surface area contributed by atoms with Gasteiger partial charge >= 0.3 is 0 Å². The fraction of sp³-hybridized carbons (Fsp3) is 0.188. The predicted molar refractivity (Wildman–Crippen MR) is 93.5 cm³/mol. The van der Waals surface area contributed by atoms with Crippen molar-refractivity contribution >= 4 is 46.7 Å². The van der Waals surface area contributed by atoms with Gasteiger partial charge < -0.3 is 5.32 Å². The highest BCUT2D eigenvalue weighted by Crippen LogP contribution is 2.45. The summed E-state index contributed by atoms with van der Waals surface area (Å²) in [5.74, 6) is 1.35. The number of anilines is 1. The zero-order chi connectivity index (χ0) is 15.5. The summed E-state index contributed by atoms with van der Waals surface area (Å²) in [4.78, 5) is 12.2. The van der Waals surface area contributed by atoms with Crippen LogP contribution in [0.2, 0.25) is 5.02 Å². The van der Waals surface area contributed by atoms with Crippen LogP contribution in [0.1, 0.15) is 20.5 Å². The van der Waals surface area contributed by atoms with E-state index in [0.717, 1.165) is 11.5 Å². The first-order chi connectivity index (χ1) is 10.6. The number of amides is 1. The van der Waals surface area contributed by atoms with E-state index in [1.54, 1.807) is 18.2 Å². The Bertz CT molecular complexity index is 687. The second kappa shape index (κ2) is 6.94. The third-order valence-corrected chi connectivity index (χ3v) is 6.66. The molecule has 2 aromatic carbocycles. The van der Waals surface area contributed by atoms with Gasteiger partial charge in [-0.25, -0.2) is 4.39 Å². The van der Waals surface area contributed by atoms with Gasteiger partial charge in [-0.3, -0.25) is 4.79 Å². The van der Waals surface area contributed by atoms with Crippen LogP contribution in [0.3, 0.4) is 0 Å². The van der Waals surface area contributed by atoms with Gasteiger partial charge in [0.25, 0.3) is 5.91 Å². The van der Waals surface area contributed by atoms with E-state index in [9.17, 15) is 9.18 Å². The van der Waals surface area contributed by atoms with Crippen LogP contribution in [0.5, 0.6) is 0 Å². The second-order valence-electron chi connectivity index (χ2n) is 4.75. The van der Waals surface area contributed by atoms with Crippen LogP contribution in [-0.4, -0.2) is 17.4 Å². The number of hydrogen-bond donors (Lipinski definition) is 1. The van der Waals surface area contributed by atoms with Crippen molar-refractivity contribution in [2.75, 3.05) is 16.8 Å². The summed E-state index contributed by atoms with van der Waals surface area (Å²) in [7, 11) is 0. The first-order valence-corrected chi connectivity index (χ1v) is 9.21. The van der Waals surface area contributed by atoms with Gasteiger partial charge in [0.1, 0.15) is 0 Å². The molecule has 0 radical (unpaired) electrons. The lowest BCUT2D eigenvalue weighted by molar-refractivity contribution is 0.102. The molecule has 0 saturated carbocycles. The normalized spacial score (nSPS) is 15.0. The summed E-state index contributed by atoms with van der Waals surface area (Å²) in [6, 6.07) is 12.0. The molecule has 6 heteroatoms. The van der Waals surface area contributed by atoms with Crippen molar-refractivity contribution in [1.29, 1.82) is 0 Å². The molecule has 1 heterocycles. The van der Waals surface area contributed by atoms with Gasteiger partial charge in [0.05, 0.1) is 15.3 Å². The Balaban J connectivity index is 1.73. The molecule has 0 aliphatic carbocycles. The maximum Gasteiger partial charge on any atom is 0.255 e. The van der Waals surface area contributed by atoms with Crippen LogP contribution in [0.4, 0.5) is 10.1 Å². The van der Waals surface area contributed by atoms with Crippen molar-refractivity contribution in [3.05, 3.63) is 64.4 Å². The Morgan fingerprint density at radius 1 is 1.14 bits per heavy atom. The van der Waals surface area contributed by atoms with E-state index in [4.69, 9.17) is 11.6 Å². The molecule has 2 aromatic rings. The van der Waals surface area contributed by atoms with Gasteiger partial charge in [-0.05, 0) is 29.8 Å². The molecule has 0 spiro atoms. The number of benzene rings is 2. The fourth-order valence-corrected chi connectivity index (χ4v) is 5.17. The average molecular weight is 354 g/mol. The molecule has 1 amide bonds. The predicted octanol–water partition coefficient (Wildman–Crippen LogP) is 5.21. The number of rotatable bonds is 3. The standard InChI is InChI=1S/C16H13ClFNOS2/c17-12-2-1-3-13(14(12)18)19-15(20)10-4-6-11(7-5-10)16-21-8-9-22-16/h1-7,16H,8-9H2,(H,19,20). The molecule has 0 atom stereocenters. The van der Waals surface area contributed by atoms with E-state index in [2.05, 4.69) is 5.32 Å². The summed E-state index contributed by atoms with van der Waals surface area (Å²) in [6.07, 6.45) is 0. The molecule has 0 bridgehead atoms. The van der Waals surface area contributed by atoms with Crippen molar-refractivity contribution < 1.29 is 9.18 Å². The monoisotopic (exact) mass is 353 g/mol. The van der Waals surface area contributed by atoms with Gasteiger partial charge in [0.2, 0.25) is 0 Å². The molecule has 1 fully saturated rings. The number of thioether (sulfide) groups is 2. The zero-order valence-corrected chi connectivity index (χ0v) is 13.9. The topological polar surface area (TPSA) is 29.1 Å². The molecule has 114 valence electrons. The van der Waals surface area contributed by atoms with Crippen molar-refractivity contribution in [1.82, 2.24) is 0 Å². The largest absolute Gasteiger partial charge is 0.319 e. The van der Waals surface area contributed by atoms with Crippen LogP contribution in [0, 0.1) is 5.82 Å². The zero-order valence-electron chi connectivity index (χ0n) is 11.5. The minimum Gasteiger partial charge on any atom is -0.319 e. The molecule has 22 heavy (non-hydrogen) atoms. The molecule has 1 aliphatic rings. The van der Waals surface area contributed by atoms with Crippen LogP contribution in [-0.2, 0) is 0 Å². The molecular formula is C16H13ClFNOS2. The van der Waals surface area contributed by atoms with E-state index >= 15 is 0 Å². The van der Waals surface area contributed by atoms with E-state index < -0.39 is 5.82 Å². The second-order valence-corrected chi connectivity index (χ2v) is 7.88. The Morgan fingerprint density at radius 2 is 1.82 bits per heavy atom. The van der Waals surface area contributed by atoms with Crippen molar-refractivity contribution in [3.8, 4) is 0 Å². The Hall–Kier alpha value is -1.17. The smallest absolute Gasteiger partial charge is 0.255 e. The minimum absolute atomic E-state index is 0.0107. The van der Waals surface area contributed by atoms with Crippen molar-refractivity contribution in [2.45, 2.75) is 4.58 Å². The summed E-state index contributed by atoms with van der Waals surface area (Å²) in [6.45, 7) is 0. The van der Waals surface area contributed by atoms with Crippen molar-refractivity contribution in [2.24, 2.45) is 0 Å². The Morgan fingerprint density at radius 3 is 2.50 bits per heavy atom. The molecule has 1 saturated heterocycles. The molecule has 3 rings (SSSR count). The molecule has 0 aromatic heterocycles. The van der Waals surface area contributed by atoms with Gasteiger partial charge in [0, 0.05) is 17.1 Å². The fourth-order valence-electron chi connectivity index (χ4n) is 2.14. The van der Waals surface area contributed by atoms with E-state index in [1.807, 2.05) is 35.7 Å². The first kappa shape index (κ1) is 15.7. The lowest BCUT2D eigenvalue weighted by Crippen LogP contribution is -2.13. The highest BCUT2D eigenvalue weighted by Gasteiger charge is 2.18. The summed E-state index contributed by atoms with van der Waals surface area (Å²) in [5.41, 5.74) is 1.79. The SMILES string of the molecule is O=C(Nc1cccc(Cl)c1F)c1ccc(C2SCCS2)cc1. The molecular weight excluding hydrogens is 341 g/mol. The summed E-state index contributed by atoms with van der Waals surface area (Å²) >= 11 is 9.53. The molecule has 2 nitrogen and oxygen atoms in total. The summed E-state index contributed by atoms with van der Waals surface area (Å²) in [5, 5.41) is 2.54. The maximum atomic E-state index is 13.8. The lowest BCUT2D eigenvalue weighted by atomic mass is 10.1. The number of halogens is 2. The van der Waals surface area contributed by atoms with E-state index in [0.29, 0.717) is 10.1 Å². The highest BCUT2D eigenvalue weighted by molar-refractivity contribution is 8.19. The van der Waals surface area contributed by atoms with Crippen LogP contribution in [0.25, 0.3) is 0 Å². The highest BCUT2D eigenvalue weighted by atomic mass is 35.5. The van der Waals surface area contributed by atoms with Crippen LogP contribution < -0.4 is 5.32 Å². The van der Waals surface area contributed by atoms with E-state index in [1.165, 1.54) is 17.7 Å². The van der Waals surface area contributed by atoms with Crippen LogP contribution >= 0.6 is 35.1 Å². The van der Waals surface area contributed by atoms with Gasteiger partial charge in [-0.1, -0.05) is 29.8 Å². The minimum atomic E-state index is -0.618. The number of carbonyl (C=O) groups is 1. The Kier molecular flexibility index (Phi) is 4.96. The van der Waals surface area contributed by atoms with E-state index in [-0.39, 0.29) is 16.6 Å². The number of carbonyl (C=O) groups excluding carboxylic acids is 1. The Labute approximate surface area is 141 Å². The average Bonchev–Trinajstić information content (AvgIpc) is 3.06. The quantitative estimate of drug-likeness (QED) is 0.821. The van der Waals surface area contributed by atoms with Crippen LogP contribution in [0.15, 0.2) is 42.5 Å². The van der Waals surface area contributed by atoms with Crippen molar-refractivity contribution in [3.63, 3.8) is 0 Å². The van der Waals surface area contributed by atoms with Gasteiger partial charge in [-0.15, -0.1) is 23.5 Å². The molecule has 1 aliphatic heterocycles. The van der Waals surface area contributed by atoms with Gasteiger partial charge in [0.15, 0.2) is 5.82 Å². The lowest BCUT2D eigenvalue weighted by Gasteiger charge is -2.10. The maximum absolute atomic E-state index is 13.8. The van der Waals surface area contributed by atoms with Gasteiger partial charge in [-0.2, -0.15) is 0 Å². The third kappa shape index (κ3) is 3.42. The first-order valence-electron chi connectivity index (χ1n) is 6.73. The third-order valence-electron chi connectivity index (χ3n) is 3.27. The summed E-state index contributed by atoms with van der Waals surface area (Å²) < 4.78 is 14.2. The molecule has 1 N–H and O–H groups in total.